The summed E-state index contributed by atoms with van der Waals surface area (Å²) in [6, 6.07) is 11.2. The van der Waals surface area contributed by atoms with Gasteiger partial charge in [0.25, 0.3) is 10.0 Å². The number of nitrogens with zero attached hydrogens (tertiary/aromatic N) is 4. The minimum absolute atomic E-state index is 0.00731. The highest BCUT2D eigenvalue weighted by Crippen LogP contribution is 2.28. The molecule has 202 valence electrons. The first kappa shape index (κ1) is 28.4. The van der Waals surface area contributed by atoms with Gasteiger partial charge in [-0.25, -0.2) is 22.0 Å². The van der Waals surface area contributed by atoms with Gasteiger partial charge in [-0.05, 0) is 68.6 Å². The number of para-hydroxylation sites is 1. The van der Waals surface area contributed by atoms with Gasteiger partial charge >= 0.3 is 12.1 Å². The molecule has 1 amide bonds. The van der Waals surface area contributed by atoms with E-state index in [2.05, 4.69) is 15.3 Å². The van der Waals surface area contributed by atoms with Crippen molar-refractivity contribution >= 4 is 33.0 Å². The van der Waals surface area contributed by atoms with E-state index in [0.717, 1.165) is 3.97 Å². The van der Waals surface area contributed by atoms with E-state index in [4.69, 9.17) is 15.0 Å². The van der Waals surface area contributed by atoms with Crippen molar-refractivity contribution in [2.75, 3.05) is 13.2 Å². The van der Waals surface area contributed by atoms with E-state index in [1.807, 2.05) is 0 Å². The second-order valence-electron chi connectivity index (χ2n) is 9.34. The van der Waals surface area contributed by atoms with Crippen LogP contribution in [0, 0.1) is 0 Å². The molecule has 2 aromatic carbocycles. The van der Waals surface area contributed by atoms with E-state index < -0.39 is 33.7 Å². The summed E-state index contributed by atoms with van der Waals surface area (Å²) in [5, 5.41) is 16.0. The molecule has 0 aliphatic heterocycles. The van der Waals surface area contributed by atoms with Crippen molar-refractivity contribution in [1.29, 1.82) is 0 Å². The highest BCUT2D eigenvalue weighted by molar-refractivity contribution is 7.90. The molecule has 3 rings (SSSR count). The van der Waals surface area contributed by atoms with Crippen molar-refractivity contribution in [2.24, 2.45) is 5.11 Å². The van der Waals surface area contributed by atoms with Crippen LogP contribution in [0.4, 0.5) is 4.79 Å². The number of rotatable bonds is 11. The number of nitrogens with one attached hydrogen (secondary N) is 1. The second-order valence-corrected chi connectivity index (χ2v) is 11.2. The first-order valence-electron chi connectivity index (χ1n) is 11.7. The number of benzene rings is 2. The Bertz CT molecular complexity index is 1450. The molecule has 1 atom stereocenters. The lowest BCUT2D eigenvalue weighted by molar-refractivity contribution is -0.139. The van der Waals surface area contributed by atoms with Gasteiger partial charge in [-0.15, -0.1) is 0 Å². The van der Waals surface area contributed by atoms with Crippen LogP contribution in [0.15, 0.2) is 64.7 Å². The number of aliphatic carboxylic acids is 1. The van der Waals surface area contributed by atoms with Crippen LogP contribution in [0.1, 0.15) is 32.8 Å². The Morgan fingerprint density at radius 3 is 2.47 bits per heavy atom. The van der Waals surface area contributed by atoms with Gasteiger partial charge in [0.1, 0.15) is 17.4 Å². The Morgan fingerprint density at radius 1 is 1.16 bits per heavy atom. The predicted molar refractivity (Wildman–Crippen MR) is 140 cm³/mol. The van der Waals surface area contributed by atoms with Gasteiger partial charge in [0.15, 0.2) is 0 Å². The number of hydrogen-bond donors (Lipinski definition) is 2. The van der Waals surface area contributed by atoms with Crippen molar-refractivity contribution in [1.82, 2.24) is 9.29 Å². The third kappa shape index (κ3) is 7.17. The molecule has 0 bridgehead atoms. The molecule has 12 nitrogen and oxygen atoms in total. The van der Waals surface area contributed by atoms with Crippen LogP contribution in [0.3, 0.4) is 0 Å². The number of carbonyl (C=O) groups excluding carboxylic acids is 1. The van der Waals surface area contributed by atoms with Gasteiger partial charge in [0, 0.05) is 29.5 Å². The monoisotopic (exact) mass is 543 g/mol. The highest BCUT2D eigenvalue weighted by atomic mass is 32.2. The van der Waals surface area contributed by atoms with Gasteiger partial charge in [-0.2, -0.15) is 0 Å². The molecule has 1 heterocycles. The largest absolute Gasteiger partial charge is 0.494 e. The van der Waals surface area contributed by atoms with Crippen molar-refractivity contribution < 1.29 is 32.6 Å². The fourth-order valence-corrected chi connectivity index (χ4v) is 5.03. The zero-order valence-corrected chi connectivity index (χ0v) is 22.0. The van der Waals surface area contributed by atoms with Crippen LogP contribution in [-0.4, -0.2) is 54.4 Å². The Labute approximate surface area is 219 Å². The first-order valence-corrected chi connectivity index (χ1v) is 13.2. The molecule has 0 saturated heterocycles. The molecule has 0 fully saturated rings. The Morgan fingerprint density at radius 2 is 1.84 bits per heavy atom. The van der Waals surface area contributed by atoms with E-state index in [1.165, 1.54) is 30.5 Å². The maximum absolute atomic E-state index is 13.5. The molecule has 13 heteroatoms. The number of hydrogen-bond acceptors (Lipinski definition) is 7. The molecule has 0 aliphatic rings. The topological polar surface area (TPSA) is 173 Å². The Hall–Kier alpha value is -4.22. The minimum Gasteiger partial charge on any atom is -0.494 e. The van der Waals surface area contributed by atoms with Crippen LogP contribution >= 0.6 is 0 Å². The Kier molecular flexibility index (Phi) is 8.87. The molecule has 0 radical (unpaired) electrons. The van der Waals surface area contributed by atoms with Crippen molar-refractivity contribution in [3.8, 4) is 5.75 Å². The number of carboxylic acids is 1. The lowest BCUT2D eigenvalue weighted by Crippen LogP contribution is -2.44. The number of alkyl carbamates (subject to hydrolysis) is 1. The van der Waals surface area contributed by atoms with Gasteiger partial charge in [-0.1, -0.05) is 23.3 Å². The summed E-state index contributed by atoms with van der Waals surface area (Å²) in [6.45, 7) is 5.57. The molecular weight excluding hydrogens is 514 g/mol. The number of carbonyl (C=O) groups is 2. The third-order valence-electron chi connectivity index (χ3n) is 5.29. The number of fused-ring (bicyclic) bond motifs is 1. The Balaban J connectivity index is 1.87. The summed E-state index contributed by atoms with van der Waals surface area (Å²) < 4.78 is 38.9. The normalized spacial score (nSPS) is 12.4. The van der Waals surface area contributed by atoms with E-state index in [-0.39, 0.29) is 11.3 Å². The van der Waals surface area contributed by atoms with Gasteiger partial charge < -0.3 is 19.9 Å². The average Bonchev–Trinajstić information content (AvgIpc) is 3.22. The summed E-state index contributed by atoms with van der Waals surface area (Å²) in [6.07, 6.45) is 0.830. The van der Waals surface area contributed by atoms with Gasteiger partial charge in [-0.3, -0.25) is 0 Å². The fraction of sp³-hybridized carbons (Fsp3) is 0.360. The smallest absolute Gasteiger partial charge is 0.408 e. The highest BCUT2D eigenvalue weighted by Gasteiger charge is 2.27. The number of aromatic nitrogens is 1. The van der Waals surface area contributed by atoms with Crippen molar-refractivity contribution in [3.05, 3.63) is 70.7 Å². The average molecular weight is 544 g/mol. The SMILES string of the molecule is CC(C)(C)OC(=O)N[C@@H](Cc1cn(S(=O)(=O)c2ccc(OCCCN=[N+]=[N-])cc2)c2ccccc12)C(=O)O. The molecule has 1 aromatic heterocycles. The maximum atomic E-state index is 13.5. The quantitative estimate of drug-likeness (QED) is 0.155. The first-order chi connectivity index (χ1) is 17.9. The fourth-order valence-electron chi connectivity index (χ4n) is 3.64. The van der Waals surface area contributed by atoms with Crippen molar-refractivity contribution in [2.45, 2.75) is 50.2 Å². The van der Waals surface area contributed by atoms with E-state index in [1.54, 1.807) is 45.0 Å². The van der Waals surface area contributed by atoms with Crippen molar-refractivity contribution in [3.63, 3.8) is 0 Å². The molecule has 38 heavy (non-hydrogen) atoms. The lowest BCUT2D eigenvalue weighted by Gasteiger charge is -2.22. The second kappa shape index (κ2) is 11.9. The molecule has 0 aliphatic carbocycles. The maximum Gasteiger partial charge on any atom is 0.408 e. The third-order valence-corrected chi connectivity index (χ3v) is 6.98. The summed E-state index contributed by atoms with van der Waals surface area (Å²) in [7, 11) is -4.05. The predicted octanol–water partition coefficient (Wildman–Crippen LogP) is 4.48. The summed E-state index contributed by atoms with van der Waals surface area (Å²) in [5.41, 5.74) is 8.27. The van der Waals surface area contributed by atoms with E-state index in [9.17, 15) is 23.1 Å². The standard InChI is InChI=1S/C25H29N5O7S/c1-25(2,3)37-24(33)28-21(23(31)32)15-17-16-30(22-8-5-4-7-20(17)22)38(34,35)19-11-9-18(10-12-19)36-14-6-13-27-29-26/h4-5,7-12,16,21H,6,13-15H2,1-3H3,(H,28,33)(H,31,32)/t21-/m0/s1. The van der Waals surface area contributed by atoms with E-state index in [0.29, 0.717) is 41.8 Å². The number of amides is 1. The van der Waals surface area contributed by atoms with Crippen LogP contribution in [-0.2, 0) is 26.0 Å². The summed E-state index contributed by atoms with van der Waals surface area (Å²) >= 11 is 0. The number of carboxylic acid groups (broad SMARTS) is 1. The van der Waals surface area contributed by atoms with E-state index >= 15 is 0 Å². The van der Waals surface area contributed by atoms with Crippen LogP contribution < -0.4 is 10.1 Å². The number of azide groups is 1. The van der Waals surface area contributed by atoms with Crippen LogP contribution in [0.25, 0.3) is 21.3 Å². The summed E-state index contributed by atoms with van der Waals surface area (Å²) in [5.74, 6) is -0.828. The lowest BCUT2D eigenvalue weighted by atomic mass is 10.1. The summed E-state index contributed by atoms with van der Waals surface area (Å²) in [4.78, 5) is 26.8. The van der Waals surface area contributed by atoms with Crippen LogP contribution in [0.2, 0.25) is 0 Å². The molecular formula is C25H29N5O7S. The van der Waals surface area contributed by atoms with Crippen LogP contribution in [0.5, 0.6) is 5.75 Å². The molecule has 3 aromatic rings. The molecule has 0 saturated carbocycles. The zero-order valence-electron chi connectivity index (χ0n) is 21.2. The van der Waals surface area contributed by atoms with Gasteiger partial charge in [0.05, 0.1) is 17.0 Å². The van der Waals surface area contributed by atoms with Gasteiger partial charge in [0.2, 0.25) is 0 Å². The zero-order chi connectivity index (χ0) is 27.9. The molecule has 0 spiro atoms. The molecule has 2 N–H and O–H groups in total. The number of ether oxygens (including phenoxy) is 2. The minimum atomic E-state index is -4.05. The molecule has 0 unspecified atom stereocenters.